The Labute approximate surface area is 144 Å². The lowest BCUT2D eigenvalue weighted by Crippen LogP contribution is -2.30. The first-order valence-electron chi connectivity index (χ1n) is 8.49. The van der Waals surface area contributed by atoms with Gasteiger partial charge in [-0.25, -0.2) is 8.42 Å². The fourth-order valence-electron chi connectivity index (χ4n) is 3.26. The zero-order valence-corrected chi connectivity index (χ0v) is 15.2. The van der Waals surface area contributed by atoms with Crippen LogP contribution >= 0.6 is 0 Å². The quantitative estimate of drug-likeness (QED) is 0.701. The van der Waals surface area contributed by atoms with Gasteiger partial charge < -0.3 is 11.1 Å². The second kappa shape index (κ2) is 7.98. The van der Waals surface area contributed by atoms with Gasteiger partial charge in [0, 0.05) is 11.6 Å². The molecule has 1 aliphatic rings. The molecule has 0 heterocycles. The van der Waals surface area contributed by atoms with Crippen LogP contribution in [0.4, 0.5) is 11.4 Å². The predicted octanol–water partition coefficient (Wildman–Crippen LogP) is 2.46. The van der Waals surface area contributed by atoms with Crippen molar-refractivity contribution < 1.29 is 13.2 Å². The number of nitrogens with one attached hydrogen (secondary N) is 2. The molecule has 2 rings (SSSR count). The predicted molar refractivity (Wildman–Crippen MR) is 97.4 cm³/mol. The molecule has 1 fully saturated rings. The zero-order chi connectivity index (χ0) is 17.7. The van der Waals surface area contributed by atoms with Gasteiger partial charge in [0.1, 0.15) is 0 Å². The number of amides is 1. The van der Waals surface area contributed by atoms with Crippen LogP contribution in [-0.4, -0.2) is 26.6 Å². The average Bonchev–Trinajstić information content (AvgIpc) is 2.99. The van der Waals surface area contributed by atoms with Gasteiger partial charge >= 0.3 is 0 Å². The second-order valence-electron chi connectivity index (χ2n) is 6.42. The van der Waals surface area contributed by atoms with E-state index in [2.05, 4.69) is 10.0 Å². The van der Waals surface area contributed by atoms with E-state index < -0.39 is 10.0 Å². The van der Waals surface area contributed by atoms with Crippen LogP contribution in [0, 0.1) is 18.8 Å². The molecule has 24 heavy (non-hydrogen) atoms. The molecule has 1 aromatic rings. The lowest BCUT2D eigenvalue weighted by molar-refractivity contribution is -0.120. The minimum Gasteiger partial charge on any atom is -0.330 e. The van der Waals surface area contributed by atoms with Crippen molar-refractivity contribution in [3.05, 3.63) is 23.8 Å². The normalized spacial score (nSPS) is 20.8. The van der Waals surface area contributed by atoms with Crippen LogP contribution in [0.2, 0.25) is 0 Å². The minimum absolute atomic E-state index is 0.0281. The third-order valence-corrected chi connectivity index (χ3v) is 6.11. The van der Waals surface area contributed by atoms with Crippen LogP contribution in [0.5, 0.6) is 0 Å². The smallest absolute Gasteiger partial charge is 0.232 e. The van der Waals surface area contributed by atoms with Crippen molar-refractivity contribution in [2.75, 3.05) is 22.3 Å². The van der Waals surface area contributed by atoms with Gasteiger partial charge in [-0.15, -0.1) is 0 Å². The summed E-state index contributed by atoms with van der Waals surface area (Å²) in [5, 5.41) is 2.95. The van der Waals surface area contributed by atoms with Crippen LogP contribution in [0.15, 0.2) is 18.2 Å². The zero-order valence-electron chi connectivity index (χ0n) is 14.3. The summed E-state index contributed by atoms with van der Waals surface area (Å²) in [4.78, 5) is 12.5. The van der Waals surface area contributed by atoms with E-state index in [9.17, 15) is 13.2 Å². The molecule has 1 saturated carbocycles. The van der Waals surface area contributed by atoms with E-state index in [1.807, 2.05) is 6.92 Å². The first-order valence-corrected chi connectivity index (χ1v) is 10.1. The van der Waals surface area contributed by atoms with Crippen LogP contribution in [-0.2, 0) is 14.8 Å². The molecule has 0 aromatic heterocycles. The number of nitrogens with two attached hydrogens (primary N) is 1. The number of hydrogen-bond acceptors (Lipinski definition) is 4. The Morgan fingerprint density at radius 1 is 1.29 bits per heavy atom. The van der Waals surface area contributed by atoms with Crippen LogP contribution < -0.4 is 15.8 Å². The molecule has 1 aliphatic carbocycles. The number of carbonyl (C=O) groups excluding carboxylic acids is 1. The van der Waals surface area contributed by atoms with Gasteiger partial charge in [-0.2, -0.15) is 0 Å². The van der Waals surface area contributed by atoms with Gasteiger partial charge in [0.25, 0.3) is 0 Å². The van der Waals surface area contributed by atoms with Gasteiger partial charge in [0.15, 0.2) is 0 Å². The molecule has 0 radical (unpaired) electrons. The number of benzene rings is 1. The van der Waals surface area contributed by atoms with Crippen molar-refractivity contribution in [1.82, 2.24) is 0 Å². The summed E-state index contributed by atoms with van der Waals surface area (Å²) < 4.78 is 26.5. The molecule has 1 aromatic carbocycles. The Morgan fingerprint density at radius 2 is 2.00 bits per heavy atom. The highest BCUT2D eigenvalue weighted by molar-refractivity contribution is 7.92. The number of rotatable bonds is 7. The van der Waals surface area contributed by atoms with E-state index >= 15 is 0 Å². The third-order valence-electron chi connectivity index (χ3n) is 4.63. The molecule has 6 nitrogen and oxygen atoms in total. The van der Waals surface area contributed by atoms with Gasteiger partial charge in [0.05, 0.1) is 11.4 Å². The highest BCUT2D eigenvalue weighted by Crippen LogP contribution is 2.33. The molecule has 7 heteroatoms. The molecule has 2 atom stereocenters. The maximum Gasteiger partial charge on any atom is 0.232 e. The molecule has 4 N–H and O–H groups in total. The van der Waals surface area contributed by atoms with Gasteiger partial charge in [-0.05, 0) is 56.3 Å². The molecular formula is C17H27N3O3S. The summed E-state index contributed by atoms with van der Waals surface area (Å²) in [5.41, 5.74) is 7.61. The maximum absolute atomic E-state index is 12.5. The molecular weight excluding hydrogens is 326 g/mol. The van der Waals surface area contributed by atoms with E-state index in [1.54, 1.807) is 25.1 Å². The fourth-order valence-corrected chi connectivity index (χ4v) is 4.45. The minimum atomic E-state index is -3.36. The third kappa shape index (κ3) is 4.48. The maximum atomic E-state index is 12.5. The Balaban J connectivity index is 2.14. The highest BCUT2D eigenvalue weighted by Gasteiger charge is 2.32. The van der Waals surface area contributed by atoms with Crippen LogP contribution in [0.3, 0.4) is 0 Å². The van der Waals surface area contributed by atoms with Gasteiger partial charge in [0.2, 0.25) is 15.9 Å². The number of carbonyl (C=O) groups is 1. The summed E-state index contributed by atoms with van der Waals surface area (Å²) in [6, 6.07) is 5.23. The van der Waals surface area contributed by atoms with E-state index in [-0.39, 0.29) is 23.5 Å². The molecule has 0 bridgehead atoms. The van der Waals surface area contributed by atoms with E-state index in [0.29, 0.717) is 29.9 Å². The number of sulfonamides is 1. The molecule has 0 saturated heterocycles. The van der Waals surface area contributed by atoms with Crippen molar-refractivity contribution in [2.45, 2.75) is 39.5 Å². The van der Waals surface area contributed by atoms with E-state index in [4.69, 9.17) is 5.73 Å². The Hall–Kier alpha value is -1.60. The highest BCUT2D eigenvalue weighted by atomic mass is 32.2. The lowest BCUT2D eigenvalue weighted by atomic mass is 9.95. The largest absolute Gasteiger partial charge is 0.330 e. The molecule has 0 unspecified atom stereocenters. The lowest BCUT2D eigenvalue weighted by Gasteiger charge is -2.19. The first kappa shape index (κ1) is 18.7. The summed E-state index contributed by atoms with van der Waals surface area (Å²) in [6.45, 7) is 4.14. The Morgan fingerprint density at radius 3 is 2.67 bits per heavy atom. The fraction of sp³-hybridized carbons (Fsp3) is 0.588. The topological polar surface area (TPSA) is 101 Å². The van der Waals surface area contributed by atoms with Crippen molar-refractivity contribution >= 4 is 27.3 Å². The Kier molecular flexibility index (Phi) is 6.23. The summed E-state index contributed by atoms with van der Waals surface area (Å²) in [7, 11) is -3.36. The average molecular weight is 353 g/mol. The molecule has 0 spiro atoms. The summed E-state index contributed by atoms with van der Waals surface area (Å²) in [5.74, 6) is 0.217. The van der Waals surface area contributed by atoms with Crippen LogP contribution in [0.25, 0.3) is 0 Å². The Bertz CT molecular complexity index is 688. The van der Waals surface area contributed by atoms with E-state index in [0.717, 1.165) is 19.3 Å². The molecule has 1 amide bonds. The van der Waals surface area contributed by atoms with Crippen LogP contribution in [0.1, 0.15) is 38.2 Å². The first-order chi connectivity index (χ1) is 11.4. The monoisotopic (exact) mass is 353 g/mol. The van der Waals surface area contributed by atoms with Crippen molar-refractivity contribution in [1.29, 1.82) is 0 Å². The second-order valence-corrected chi connectivity index (χ2v) is 8.26. The summed E-state index contributed by atoms with van der Waals surface area (Å²) in [6.07, 6.45) is 3.42. The standard InChI is InChI=1S/C17H27N3O3S/c1-3-10-24(22,23)20-16-9-5-8-15(12(16)2)19-17(21)14-7-4-6-13(14)11-18/h5,8-9,13-14,20H,3-4,6-7,10-11,18H2,1-2H3,(H,19,21)/t13-,14-/m1/s1. The molecule has 0 aliphatic heterocycles. The van der Waals surface area contributed by atoms with Crippen molar-refractivity contribution in [3.8, 4) is 0 Å². The van der Waals surface area contributed by atoms with E-state index in [1.165, 1.54) is 0 Å². The SMILES string of the molecule is CCCS(=O)(=O)Nc1cccc(NC(=O)[C@@H]2CCC[C@@H]2CN)c1C. The number of hydrogen-bond donors (Lipinski definition) is 3. The van der Waals surface area contributed by atoms with Crippen molar-refractivity contribution in [2.24, 2.45) is 17.6 Å². The molecule has 134 valence electrons. The van der Waals surface area contributed by atoms with Crippen molar-refractivity contribution in [3.63, 3.8) is 0 Å². The number of anilines is 2. The van der Waals surface area contributed by atoms with Gasteiger partial charge in [-0.3, -0.25) is 9.52 Å². The summed E-state index contributed by atoms with van der Waals surface area (Å²) >= 11 is 0. The van der Waals surface area contributed by atoms with Gasteiger partial charge in [-0.1, -0.05) is 19.4 Å².